The third kappa shape index (κ3) is 8.15. The second kappa shape index (κ2) is 12.7. The summed E-state index contributed by atoms with van der Waals surface area (Å²) in [5.74, 6) is 0.984. The van der Waals surface area contributed by atoms with Crippen LogP contribution in [0.2, 0.25) is 0 Å². The van der Waals surface area contributed by atoms with Gasteiger partial charge < -0.3 is 10.6 Å². The molecular formula is C20H29IN4O2S. The molecule has 0 aliphatic rings. The van der Waals surface area contributed by atoms with Crippen LogP contribution in [-0.2, 0) is 10.0 Å². The fourth-order valence-electron chi connectivity index (χ4n) is 2.51. The zero-order valence-corrected chi connectivity index (χ0v) is 19.4. The summed E-state index contributed by atoms with van der Waals surface area (Å²) >= 11 is 0. The lowest BCUT2D eigenvalue weighted by molar-refractivity contribution is 0.580. The van der Waals surface area contributed by atoms with Crippen LogP contribution in [0.3, 0.4) is 0 Å². The van der Waals surface area contributed by atoms with Crippen LogP contribution in [-0.4, -0.2) is 40.6 Å². The average Bonchev–Trinajstić information content (AvgIpc) is 2.70. The second-order valence-electron chi connectivity index (χ2n) is 6.17. The molecule has 2 rings (SSSR count). The smallest absolute Gasteiger partial charge is 0.240 e. The predicted octanol–water partition coefficient (Wildman–Crippen LogP) is 2.94. The van der Waals surface area contributed by atoms with E-state index in [1.807, 2.05) is 25.1 Å². The lowest BCUT2D eigenvalue weighted by Gasteiger charge is -2.14. The van der Waals surface area contributed by atoms with Crippen LogP contribution in [0.5, 0.6) is 0 Å². The van der Waals surface area contributed by atoms with Crippen LogP contribution in [0.4, 0.5) is 0 Å². The number of hydrogen-bond donors (Lipinski definition) is 3. The summed E-state index contributed by atoms with van der Waals surface area (Å²) in [6, 6.07) is 18.6. The van der Waals surface area contributed by atoms with Crippen molar-refractivity contribution in [3.63, 3.8) is 0 Å². The Kier molecular flexibility index (Phi) is 11.1. The summed E-state index contributed by atoms with van der Waals surface area (Å²) in [6.45, 7) is 6.23. The lowest BCUT2D eigenvalue weighted by atomic mass is 10.0. The Morgan fingerprint density at radius 2 is 1.57 bits per heavy atom. The summed E-state index contributed by atoms with van der Waals surface area (Å²) in [6.07, 6.45) is 0. The summed E-state index contributed by atoms with van der Waals surface area (Å²) < 4.78 is 27.0. The summed E-state index contributed by atoms with van der Waals surface area (Å²) in [5, 5.41) is 6.34. The number of guanidine groups is 1. The first-order valence-corrected chi connectivity index (χ1v) is 10.6. The quantitative estimate of drug-likeness (QED) is 0.207. The van der Waals surface area contributed by atoms with Crippen molar-refractivity contribution in [2.24, 2.45) is 4.99 Å². The first-order chi connectivity index (χ1) is 13.0. The first-order valence-electron chi connectivity index (χ1n) is 9.14. The van der Waals surface area contributed by atoms with E-state index in [9.17, 15) is 8.42 Å². The summed E-state index contributed by atoms with van der Waals surface area (Å²) in [4.78, 5) is 4.87. The van der Waals surface area contributed by atoms with Gasteiger partial charge in [-0.15, -0.1) is 24.0 Å². The predicted molar refractivity (Wildman–Crippen MR) is 126 cm³/mol. The van der Waals surface area contributed by atoms with E-state index in [1.165, 1.54) is 5.56 Å². The Labute approximate surface area is 185 Å². The van der Waals surface area contributed by atoms with Crippen LogP contribution in [0.15, 0.2) is 70.6 Å². The minimum absolute atomic E-state index is 0. The molecule has 0 aromatic heterocycles. The van der Waals surface area contributed by atoms with Crippen molar-refractivity contribution in [3.05, 3.63) is 66.2 Å². The van der Waals surface area contributed by atoms with Crippen LogP contribution >= 0.6 is 24.0 Å². The molecule has 8 heteroatoms. The highest BCUT2D eigenvalue weighted by molar-refractivity contribution is 14.0. The van der Waals surface area contributed by atoms with Crippen molar-refractivity contribution in [3.8, 4) is 0 Å². The molecule has 0 aliphatic carbocycles. The third-order valence-electron chi connectivity index (χ3n) is 4.00. The van der Waals surface area contributed by atoms with Crippen molar-refractivity contribution < 1.29 is 8.42 Å². The molecule has 0 aliphatic heterocycles. The largest absolute Gasteiger partial charge is 0.357 e. The van der Waals surface area contributed by atoms with Gasteiger partial charge in [0.05, 0.1) is 4.90 Å². The topological polar surface area (TPSA) is 82.6 Å². The first kappa shape index (κ1) is 24.4. The van der Waals surface area contributed by atoms with E-state index in [4.69, 9.17) is 0 Å². The molecule has 6 nitrogen and oxygen atoms in total. The fraction of sp³-hybridized carbons (Fsp3) is 0.350. The zero-order valence-electron chi connectivity index (χ0n) is 16.3. The molecule has 1 unspecified atom stereocenters. The normalized spacial score (nSPS) is 12.7. The molecular weight excluding hydrogens is 487 g/mol. The second-order valence-corrected chi connectivity index (χ2v) is 7.94. The zero-order chi connectivity index (χ0) is 19.5. The number of halogens is 1. The molecule has 3 N–H and O–H groups in total. The molecule has 154 valence electrons. The van der Waals surface area contributed by atoms with Gasteiger partial charge in [-0.2, -0.15) is 0 Å². The van der Waals surface area contributed by atoms with E-state index in [0.717, 1.165) is 6.54 Å². The minimum Gasteiger partial charge on any atom is -0.357 e. The van der Waals surface area contributed by atoms with Gasteiger partial charge in [0.1, 0.15) is 0 Å². The lowest BCUT2D eigenvalue weighted by Crippen LogP contribution is -2.41. The molecule has 0 bridgehead atoms. The highest BCUT2D eigenvalue weighted by Gasteiger charge is 2.12. The molecule has 0 saturated heterocycles. The maximum atomic E-state index is 12.2. The molecule has 0 fully saturated rings. The highest BCUT2D eigenvalue weighted by Crippen LogP contribution is 2.14. The minimum atomic E-state index is -3.48. The Balaban J connectivity index is 0.00000392. The SMILES string of the molecule is CCNC(=NCC(C)c1ccccc1)NCCNS(=O)(=O)c1ccccc1.I. The number of aliphatic imine (C=N–C) groups is 1. The molecule has 0 radical (unpaired) electrons. The van der Waals surface area contributed by atoms with Crippen molar-refractivity contribution in [1.82, 2.24) is 15.4 Å². The monoisotopic (exact) mass is 516 g/mol. The van der Waals surface area contributed by atoms with Gasteiger partial charge in [0.15, 0.2) is 5.96 Å². The van der Waals surface area contributed by atoms with Gasteiger partial charge in [0.2, 0.25) is 10.0 Å². The van der Waals surface area contributed by atoms with Crippen molar-refractivity contribution in [2.75, 3.05) is 26.2 Å². The Morgan fingerprint density at radius 1 is 0.964 bits per heavy atom. The van der Waals surface area contributed by atoms with E-state index in [1.54, 1.807) is 30.3 Å². The van der Waals surface area contributed by atoms with Gasteiger partial charge in [-0.1, -0.05) is 55.5 Å². The van der Waals surface area contributed by atoms with Crippen LogP contribution in [0.25, 0.3) is 0 Å². The van der Waals surface area contributed by atoms with E-state index in [0.29, 0.717) is 25.0 Å². The molecule has 0 amide bonds. The van der Waals surface area contributed by atoms with Crippen LogP contribution in [0, 0.1) is 0 Å². The molecule has 0 heterocycles. The number of nitrogens with zero attached hydrogens (tertiary/aromatic N) is 1. The Bertz CT molecular complexity index is 815. The summed E-state index contributed by atoms with van der Waals surface area (Å²) in [7, 11) is -3.48. The van der Waals surface area contributed by atoms with Crippen molar-refractivity contribution in [1.29, 1.82) is 0 Å². The molecule has 2 aromatic rings. The Hall–Kier alpha value is -1.65. The van der Waals surface area contributed by atoms with E-state index >= 15 is 0 Å². The molecule has 28 heavy (non-hydrogen) atoms. The molecule has 0 spiro atoms. The van der Waals surface area contributed by atoms with Gasteiger partial charge >= 0.3 is 0 Å². The van der Waals surface area contributed by atoms with E-state index in [2.05, 4.69) is 39.4 Å². The highest BCUT2D eigenvalue weighted by atomic mass is 127. The molecule has 0 saturated carbocycles. The number of hydrogen-bond acceptors (Lipinski definition) is 3. The van der Waals surface area contributed by atoms with E-state index in [-0.39, 0.29) is 35.4 Å². The maximum absolute atomic E-state index is 12.2. The number of rotatable bonds is 9. The van der Waals surface area contributed by atoms with Gasteiger partial charge in [-0.25, -0.2) is 13.1 Å². The van der Waals surface area contributed by atoms with Crippen molar-refractivity contribution >= 4 is 40.0 Å². The van der Waals surface area contributed by atoms with Crippen LogP contribution in [0.1, 0.15) is 25.3 Å². The average molecular weight is 516 g/mol. The van der Waals surface area contributed by atoms with Crippen molar-refractivity contribution in [2.45, 2.75) is 24.7 Å². The molecule has 1 atom stereocenters. The van der Waals surface area contributed by atoms with Gasteiger partial charge in [-0.3, -0.25) is 4.99 Å². The number of benzene rings is 2. The van der Waals surface area contributed by atoms with Gasteiger partial charge in [0, 0.05) is 32.1 Å². The van der Waals surface area contributed by atoms with Gasteiger partial charge in [-0.05, 0) is 24.6 Å². The standard InChI is InChI=1S/C20H28N4O2S.HI/c1-3-21-20(23-16-17(2)18-10-6-4-7-11-18)22-14-15-24-27(25,26)19-12-8-5-9-13-19;/h4-13,17,24H,3,14-16H2,1-2H3,(H2,21,22,23);1H. The number of sulfonamides is 1. The Morgan fingerprint density at radius 3 is 2.18 bits per heavy atom. The summed E-state index contributed by atoms with van der Waals surface area (Å²) in [5.41, 5.74) is 1.24. The fourth-order valence-corrected chi connectivity index (χ4v) is 3.56. The number of nitrogens with one attached hydrogen (secondary N) is 3. The maximum Gasteiger partial charge on any atom is 0.240 e. The van der Waals surface area contributed by atoms with Gasteiger partial charge in [0.25, 0.3) is 0 Å². The third-order valence-corrected chi connectivity index (χ3v) is 5.48. The van der Waals surface area contributed by atoms with E-state index < -0.39 is 10.0 Å². The van der Waals surface area contributed by atoms with Crippen LogP contribution < -0.4 is 15.4 Å². The molecule has 2 aromatic carbocycles.